The number of hydrogen-bond donors (Lipinski definition) is 2. The highest BCUT2D eigenvalue weighted by Gasteiger charge is 2.31. The Bertz CT molecular complexity index is 333. The molecular formula is C14H21NO. The van der Waals surface area contributed by atoms with E-state index in [1.807, 2.05) is 12.1 Å². The van der Waals surface area contributed by atoms with Gasteiger partial charge in [0.05, 0.1) is 0 Å². The first kappa shape index (κ1) is 11.5. The summed E-state index contributed by atoms with van der Waals surface area (Å²) in [5.74, 6) is 1.89. The van der Waals surface area contributed by atoms with E-state index in [1.54, 1.807) is 12.1 Å². The van der Waals surface area contributed by atoms with E-state index in [0.29, 0.717) is 11.8 Å². The van der Waals surface area contributed by atoms with Crippen LogP contribution in [0.2, 0.25) is 0 Å². The number of rotatable bonds is 3. The van der Waals surface area contributed by atoms with Gasteiger partial charge in [0.15, 0.2) is 0 Å². The monoisotopic (exact) mass is 219 g/mol. The molecule has 2 rings (SSSR count). The Kier molecular flexibility index (Phi) is 3.49. The van der Waals surface area contributed by atoms with Crippen molar-refractivity contribution in [2.75, 3.05) is 7.05 Å². The van der Waals surface area contributed by atoms with Gasteiger partial charge in [-0.2, -0.15) is 0 Å². The van der Waals surface area contributed by atoms with Crippen molar-refractivity contribution < 1.29 is 5.11 Å². The van der Waals surface area contributed by atoms with E-state index in [0.717, 1.165) is 18.3 Å². The fraction of sp³-hybridized carbons (Fsp3) is 0.571. The van der Waals surface area contributed by atoms with Crippen LogP contribution in [0.5, 0.6) is 5.75 Å². The van der Waals surface area contributed by atoms with E-state index in [2.05, 4.69) is 19.3 Å². The van der Waals surface area contributed by atoms with E-state index in [4.69, 9.17) is 0 Å². The topological polar surface area (TPSA) is 32.3 Å². The van der Waals surface area contributed by atoms with Gasteiger partial charge in [-0.15, -0.1) is 0 Å². The van der Waals surface area contributed by atoms with Gasteiger partial charge in [-0.25, -0.2) is 0 Å². The van der Waals surface area contributed by atoms with Crippen molar-refractivity contribution in [3.63, 3.8) is 0 Å². The van der Waals surface area contributed by atoms with Crippen molar-refractivity contribution in [3.05, 3.63) is 29.8 Å². The van der Waals surface area contributed by atoms with Gasteiger partial charge in [0.1, 0.15) is 5.75 Å². The fourth-order valence-corrected chi connectivity index (χ4v) is 2.88. The lowest BCUT2D eigenvalue weighted by Crippen LogP contribution is -2.29. The minimum absolute atomic E-state index is 0.358. The largest absolute Gasteiger partial charge is 0.508 e. The number of benzene rings is 1. The first-order valence-electron chi connectivity index (χ1n) is 6.16. The van der Waals surface area contributed by atoms with Crippen LogP contribution in [0.4, 0.5) is 0 Å². The second-order valence-electron chi connectivity index (χ2n) is 4.96. The lowest BCUT2D eigenvalue weighted by molar-refractivity contribution is 0.364. The summed E-state index contributed by atoms with van der Waals surface area (Å²) >= 11 is 0. The van der Waals surface area contributed by atoms with Crippen molar-refractivity contribution >= 4 is 0 Å². The zero-order valence-corrected chi connectivity index (χ0v) is 10.1. The van der Waals surface area contributed by atoms with Crippen LogP contribution in [-0.4, -0.2) is 18.2 Å². The third-order valence-corrected chi connectivity index (χ3v) is 4.03. The Balaban J connectivity index is 1.98. The molecule has 0 aliphatic heterocycles. The van der Waals surface area contributed by atoms with Gasteiger partial charge in [0.25, 0.3) is 0 Å². The van der Waals surface area contributed by atoms with Crippen LogP contribution < -0.4 is 5.32 Å². The molecule has 1 saturated carbocycles. The summed E-state index contributed by atoms with van der Waals surface area (Å²) in [5.41, 5.74) is 1.34. The molecule has 0 spiro atoms. The van der Waals surface area contributed by atoms with Crippen molar-refractivity contribution in [2.24, 2.45) is 11.8 Å². The van der Waals surface area contributed by atoms with E-state index in [-0.39, 0.29) is 0 Å². The van der Waals surface area contributed by atoms with Crippen LogP contribution in [0.25, 0.3) is 0 Å². The average molecular weight is 219 g/mol. The van der Waals surface area contributed by atoms with Crippen LogP contribution in [0.1, 0.15) is 25.3 Å². The SMILES string of the molecule is CNC1CCC(Cc2ccc(O)cc2)C1C. The molecule has 0 heterocycles. The lowest BCUT2D eigenvalue weighted by atomic mass is 9.89. The Morgan fingerprint density at radius 2 is 1.94 bits per heavy atom. The maximum Gasteiger partial charge on any atom is 0.115 e. The van der Waals surface area contributed by atoms with Crippen LogP contribution in [0, 0.1) is 11.8 Å². The van der Waals surface area contributed by atoms with E-state index >= 15 is 0 Å². The first-order chi connectivity index (χ1) is 7.70. The highest BCUT2D eigenvalue weighted by molar-refractivity contribution is 5.26. The van der Waals surface area contributed by atoms with Gasteiger partial charge in [-0.05, 0) is 55.8 Å². The van der Waals surface area contributed by atoms with Crippen molar-refractivity contribution in [3.8, 4) is 5.75 Å². The van der Waals surface area contributed by atoms with Gasteiger partial charge < -0.3 is 10.4 Å². The smallest absolute Gasteiger partial charge is 0.115 e. The quantitative estimate of drug-likeness (QED) is 0.819. The molecule has 2 N–H and O–H groups in total. The standard InChI is InChI=1S/C14H21NO/c1-10-12(5-8-14(10)15-2)9-11-3-6-13(16)7-4-11/h3-4,6-7,10,12,14-16H,5,8-9H2,1-2H3. The van der Waals surface area contributed by atoms with Crippen LogP contribution in [0.3, 0.4) is 0 Å². The number of phenols is 1. The van der Waals surface area contributed by atoms with Gasteiger partial charge in [0.2, 0.25) is 0 Å². The molecule has 3 atom stereocenters. The summed E-state index contributed by atoms with van der Waals surface area (Å²) in [7, 11) is 2.06. The molecule has 3 unspecified atom stereocenters. The van der Waals surface area contributed by atoms with Crippen molar-refractivity contribution in [1.82, 2.24) is 5.32 Å². The Morgan fingerprint density at radius 1 is 1.25 bits per heavy atom. The first-order valence-corrected chi connectivity index (χ1v) is 6.16. The average Bonchev–Trinajstić information content (AvgIpc) is 2.63. The summed E-state index contributed by atoms with van der Waals surface area (Å²) in [6.07, 6.45) is 3.74. The molecule has 1 aromatic rings. The minimum atomic E-state index is 0.358. The summed E-state index contributed by atoms with van der Waals surface area (Å²) in [4.78, 5) is 0. The molecule has 0 saturated heterocycles. The van der Waals surface area contributed by atoms with Gasteiger partial charge in [0, 0.05) is 6.04 Å². The lowest BCUT2D eigenvalue weighted by Gasteiger charge is -2.20. The maximum absolute atomic E-state index is 9.24. The van der Waals surface area contributed by atoms with Crippen LogP contribution in [-0.2, 0) is 6.42 Å². The van der Waals surface area contributed by atoms with Crippen molar-refractivity contribution in [2.45, 2.75) is 32.2 Å². The molecule has 88 valence electrons. The predicted octanol–water partition coefficient (Wildman–Crippen LogP) is 2.57. The van der Waals surface area contributed by atoms with E-state index < -0.39 is 0 Å². The third-order valence-electron chi connectivity index (χ3n) is 4.03. The molecule has 0 amide bonds. The molecular weight excluding hydrogens is 198 g/mol. The molecule has 16 heavy (non-hydrogen) atoms. The number of aromatic hydroxyl groups is 1. The summed E-state index contributed by atoms with van der Waals surface area (Å²) in [6.45, 7) is 2.35. The van der Waals surface area contributed by atoms with Gasteiger partial charge in [-0.1, -0.05) is 19.1 Å². The Hall–Kier alpha value is -1.02. The summed E-state index contributed by atoms with van der Waals surface area (Å²) in [5, 5.41) is 12.6. The third kappa shape index (κ3) is 2.38. The Labute approximate surface area is 97.7 Å². The number of hydrogen-bond acceptors (Lipinski definition) is 2. The molecule has 1 fully saturated rings. The zero-order valence-electron chi connectivity index (χ0n) is 10.1. The molecule has 0 aromatic heterocycles. The molecule has 0 bridgehead atoms. The highest BCUT2D eigenvalue weighted by atomic mass is 16.3. The Morgan fingerprint density at radius 3 is 2.50 bits per heavy atom. The van der Waals surface area contributed by atoms with E-state index in [9.17, 15) is 5.11 Å². The summed E-state index contributed by atoms with van der Waals surface area (Å²) < 4.78 is 0. The molecule has 1 aromatic carbocycles. The summed E-state index contributed by atoms with van der Waals surface area (Å²) in [6, 6.07) is 8.32. The molecule has 2 nitrogen and oxygen atoms in total. The second kappa shape index (κ2) is 4.88. The van der Waals surface area contributed by atoms with Crippen LogP contribution in [0.15, 0.2) is 24.3 Å². The van der Waals surface area contributed by atoms with E-state index in [1.165, 1.54) is 18.4 Å². The fourth-order valence-electron chi connectivity index (χ4n) is 2.88. The minimum Gasteiger partial charge on any atom is -0.508 e. The van der Waals surface area contributed by atoms with Crippen LogP contribution >= 0.6 is 0 Å². The molecule has 1 aliphatic rings. The van der Waals surface area contributed by atoms with Gasteiger partial charge >= 0.3 is 0 Å². The highest BCUT2D eigenvalue weighted by Crippen LogP contribution is 2.34. The number of phenolic OH excluding ortho intramolecular Hbond substituents is 1. The number of nitrogens with one attached hydrogen (secondary N) is 1. The normalized spacial score (nSPS) is 29.5. The maximum atomic E-state index is 9.24. The second-order valence-corrected chi connectivity index (χ2v) is 4.96. The predicted molar refractivity (Wildman–Crippen MR) is 66.5 cm³/mol. The zero-order chi connectivity index (χ0) is 11.5. The molecule has 1 aliphatic carbocycles. The molecule has 2 heteroatoms. The van der Waals surface area contributed by atoms with Crippen molar-refractivity contribution in [1.29, 1.82) is 0 Å². The van der Waals surface area contributed by atoms with Gasteiger partial charge in [-0.3, -0.25) is 0 Å². The molecule has 0 radical (unpaired) electrons.